The molecule has 0 bridgehead atoms. The number of alkyl halides is 2. The summed E-state index contributed by atoms with van der Waals surface area (Å²) < 4.78 is 150. The fourth-order valence-corrected chi connectivity index (χ4v) is 5.24. The smallest absolute Gasteiger partial charge is 0.429 e. The van der Waals surface area contributed by atoms with Gasteiger partial charge in [0.1, 0.15) is 40.4 Å². The van der Waals surface area contributed by atoms with Crippen molar-refractivity contribution in [3.05, 3.63) is 148 Å². The highest BCUT2D eigenvalue weighted by Gasteiger charge is 2.41. The van der Waals surface area contributed by atoms with Crippen LogP contribution in [0.5, 0.6) is 5.75 Å². The van der Waals surface area contributed by atoms with Crippen molar-refractivity contribution in [1.29, 1.82) is 0 Å². The molecule has 0 N–H and O–H groups in total. The van der Waals surface area contributed by atoms with Crippen molar-refractivity contribution < 1.29 is 48.6 Å². The van der Waals surface area contributed by atoms with Gasteiger partial charge in [-0.05, 0) is 89.7 Å². The molecule has 0 amide bonds. The minimum atomic E-state index is -4.75. The molecule has 0 saturated carbocycles. The van der Waals surface area contributed by atoms with Crippen LogP contribution < -0.4 is 4.74 Å². The fraction of sp³-hybridized carbons (Fsp3) is 0.0857. The predicted molar refractivity (Wildman–Crippen MR) is 157 cm³/mol. The topological polar surface area (TPSA) is 9.23 Å². The quantitative estimate of drug-likeness (QED) is 0.0855. The fourth-order valence-electron chi connectivity index (χ4n) is 4.92. The Bertz CT molecular complexity index is 1960. The molecular formula is C35H19ClF10O. The first kappa shape index (κ1) is 33.6. The van der Waals surface area contributed by atoms with Crippen molar-refractivity contribution >= 4 is 11.6 Å². The third-order valence-electron chi connectivity index (χ3n) is 7.13. The van der Waals surface area contributed by atoms with E-state index in [2.05, 4.69) is 11.3 Å². The summed E-state index contributed by atoms with van der Waals surface area (Å²) in [6.45, 7) is 3.60. The van der Waals surface area contributed by atoms with E-state index in [1.165, 1.54) is 12.1 Å². The van der Waals surface area contributed by atoms with Crippen LogP contribution in [0.3, 0.4) is 0 Å². The number of benzene rings is 5. The van der Waals surface area contributed by atoms with Gasteiger partial charge in [0.15, 0.2) is 17.5 Å². The van der Waals surface area contributed by atoms with E-state index >= 15 is 22.0 Å². The summed E-state index contributed by atoms with van der Waals surface area (Å²) in [7, 11) is 0. The largest absolute Gasteiger partial charge is 0.432 e. The van der Waals surface area contributed by atoms with Crippen LogP contribution in [0.25, 0.3) is 33.4 Å². The maximum atomic E-state index is 15.3. The molecule has 5 rings (SSSR count). The van der Waals surface area contributed by atoms with Gasteiger partial charge in [-0.1, -0.05) is 29.8 Å². The van der Waals surface area contributed by atoms with Crippen molar-refractivity contribution in [2.75, 3.05) is 0 Å². The van der Waals surface area contributed by atoms with Crippen molar-refractivity contribution in [3.63, 3.8) is 0 Å². The molecule has 0 radical (unpaired) electrons. The van der Waals surface area contributed by atoms with Crippen LogP contribution in [-0.2, 0) is 12.5 Å². The number of rotatable bonds is 9. The summed E-state index contributed by atoms with van der Waals surface area (Å²) in [5.41, 5.74) is -3.34. The van der Waals surface area contributed by atoms with Crippen molar-refractivity contribution in [2.45, 2.75) is 19.0 Å². The molecule has 0 saturated heterocycles. The first-order valence-corrected chi connectivity index (χ1v) is 14.0. The molecule has 5 aromatic carbocycles. The van der Waals surface area contributed by atoms with E-state index in [4.69, 9.17) is 11.6 Å². The summed E-state index contributed by atoms with van der Waals surface area (Å²) >= 11 is 6.22. The van der Waals surface area contributed by atoms with Gasteiger partial charge >= 0.3 is 6.11 Å². The lowest BCUT2D eigenvalue weighted by molar-refractivity contribution is -0.189. The van der Waals surface area contributed by atoms with Crippen LogP contribution in [0.15, 0.2) is 85.5 Å². The maximum Gasteiger partial charge on any atom is 0.432 e. The molecule has 0 heterocycles. The van der Waals surface area contributed by atoms with Crippen LogP contribution >= 0.6 is 11.6 Å². The Morgan fingerprint density at radius 1 is 0.617 bits per heavy atom. The monoisotopic (exact) mass is 680 g/mol. The molecule has 0 aliphatic carbocycles. The van der Waals surface area contributed by atoms with Crippen molar-refractivity contribution in [1.82, 2.24) is 0 Å². The molecule has 0 spiro atoms. The molecule has 0 atom stereocenters. The Hall–Kier alpha value is -4.77. The second-order valence-electron chi connectivity index (χ2n) is 10.3. The third kappa shape index (κ3) is 6.85. The van der Waals surface area contributed by atoms with Gasteiger partial charge in [0.25, 0.3) is 0 Å². The average molecular weight is 681 g/mol. The highest BCUT2D eigenvalue weighted by molar-refractivity contribution is 6.33. The lowest BCUT2D eigenvalue weighted by atomic mass is 9.96. The van der Waals surface area contributed by atoms with Gasteiger partial charge in [0.2, 0.25) is 0 Å². The van der Waals surface area contributed by atoms with Crippen LogP contribution in [0, 0.1) is 46.5 Å². The minimum absolute atomic E-state index is 0.00864. The SMILES string of the molecule is C=CCCc1ccc(-c2cc(F)c(-c3cc(F)c(C(F)(F)Oc4ccc(-c5cc(F)c(F)c(F)c5)c(F)c4)c(F)c3)c(Cl)c2)c(F)c1. The minimum Gasteiger partial charge on any atom is -0.429 e. The standard InChI is InChI=1S/C35H19ClF10O/c1-2-3-4-17-5-7-22(25(37)9-17)18-10-24(36)32(27(39)11-18)20-14-28(40)33(29(41)15-20)35(45,46)47-21-6-8-23(26(38)16-21)19-12-30(42)34(44)31(43)13-19/h2,5-16H,1,3-4H2. The second kappa shape index (κ2) is 13.2. The number of halogens is 11. The van der Waals surface area contributed by atoms with Gasteiger partial charge in [-0.3, -0.25) is 0 Å². The zero-order valence-electron chi connectivity index (χ0n) is 23.7. The number of allylic oxidation sites excluding steroid dienone is 1. The summed E-state index contributed by atoms with van der Waals surface area (Å²) in [5.74, 6) is -12.9. The van der Waals surface area contributed by atoms with E-state index in [-0.39, 0.29) is 11.1 Å². The average Bonchev–Trinajstić information content (AvgIpc) is 2.97. The molecule has 0 fully saturated rings. The van der Waals surface area contributed by atoms with E-state index in [1.807, 2.05) is 0 Å². The highest BCUT2D eigenvalue weighted by atomic mass is 35.5. The molecule has 0 unspecified atom stereocenters. The molecule has 0 aromatic heterocycles. The van der Waals surface area contributed by atoms with Crippen LogP contribution in [0.1, 0.15) is 17.5 Å². The first-order chi connectivity index (χ1) is 22.2. The number of hydrogen-bond acceptors (Lipinski definition) is 1. The number of aryl methyl sites for hydroxylation is 1. The van der Waals surface area contributed by atoms with Gasteiger partial charge in [-0.15, -0.1) is 6.58 Å². The summed E-state index contributed by atoms with van der Waals surface area (Å²) in [6, 6.07) is 9.91. The van der Waals surface area contributed by atoms with E-state index in [1.54, 1.807) is 12.1 Å². The molecular weight excluding hydrogens is 662 g/mol. The summed E-state index contributed by atoms with van der Waals surface area (Å²) in [4.78, 5) is 0. The lowest BCUT2D eigenvalue weighted by Gasteiger charge is -2.20. The second-order valence-corrected chi connectivity index (χ2v) is 10.7. The Morgan fingerprint density at radius 3 is 1.70 bits per heavy atom. The maximum absolute atomic E-state index is 15.3. The predicted octanol–water partition coefficient (Wildman–Crippen LogP) is 11.7. The first-order valence-electron chi connectivity index (χ1n) is 13.6. The third-order valence-corrected chi connectivity index (χ3v) is 7.43. The van der Waals surface area contributed by atoms with Crippen molar-refractivity contribution in [2.24, 2.45) is 0 Å². The van der Waals surface area contributed by atoms with Gasteiger partial charge in [0.05, 0.1) is 5.02 Å². The molecule has 0 aliphatic heterocycles. The molecule has 242 valence electrons. The molecule has 0 aliphatic rings. The van der Waals surface area contributed by atoms with Gasteiger partial charge < -0.3 is 4.74 Å². The Morgan fingerprint density at radius 2 is 1.15 bits per heavy atom. The number of ether oxygens (including phenoxy) is 1. The lowest BCUT2D eigenvalue weighted by Crippen LogP contribution is -2.25. The molecule has 5 aromatic rings. The highest BCUT2D eigenvalue weighted by Crippen LogP contribution is 2.41. The molecule has 12 heteroatoms. The van der Waals surface area contributed by atoms with Crippen LogP contribution in [0.4, 0.5) is 43.9 Å². The Balaban J connectivity index is 1.43. The van der Waals surface area contributed by atoms with E-state index in [0.29, 0.717) is 48.7 Å². The zero-order chi connectivity index (χ0) is 34.2. The van der Waals surface area contributed by atoms with Crippen LogP contribution in [0.2, 0.25) is 5.02 Å². The molecule has 47 heavy (non-hydrogen) atoms. The van der Waals surface area contributed by atoms with Gasteiger partial charge in [-0.2, -0.15) is 8.78 Å². The van der Waals surface area contributed by atoms with E-state index < -0.39 is 91.2 Å². The molecule has 1 nitrogen and oxygen atoms in total. The van der Waals surface area contributed by atoms with Crippen molar-refractivity contribution in [3.8, 4) is 39.1 Å². The van der Waals surface area contributed by atoms with E-state index in [9.17, 15) is 22.0 Å². The Labute approximate surface area is 266 Å². The Kier molecular flexibility index (Phi) is 9.40. The normalized spacial score (nSPS) is 11.6. The van der Waals surface area contributed by atoms with Gasteiger partial charge in [-0.25, -0.2) is 35.1 Å². The van der Waals surface area contributed by atoms with E-state index in [0.717, 1.165) is 24.3 Å². The summed E-state index contributed by atoms with van der Waals surface area (Å²) in [6.07, 6.45) is -1.96. The number of hydrogen-bond donors (Lipinski definition) is 0. The van der Waals surface area contributed by atoms with Crippen LogP contribution in [-0.4, -0.2) is 0 Å². The zero-order valence-corrected chi connectivity index (χ0v) is 24.4. The summed E-state index contributed by atoms with van der Waals surface area (Å²) in [5, 5.41) is -0.402. The van der Waals surface area contributed by atoms with Gasteiger partial charge in [0, 0.05) is 22.8 Å².